The van der Waals surface area contributed by atoms with Gasteiger partial charge in [-0.25, -0.2) is 0 Å². The van der Waals surface area contributed by atoms with E-state index in [2.05, 4.69) is 16.9 Å². The Morgan fingerprint density at radius 1 is 1.50 bits per heavy atom. The molecule has 4 nitrogen and oxygen atoms in total. The molecular formula is C10H13N3O. The van der Waals surface area contributed by atoms with E-state index in [-0.39, 0.29) is 0 Å². The van der Waals surface area contributed by atoms with Crippen molar-refractivity contribution < 1.29 is 4.74 Å². The van der Waals surface area contributed by atoms with Crippen LogP contribution in [0, 0.1) is 0 Å². The van der Waals surface area contributed by atoms with E-state index in [0.29, 0.717) is 12.6 Å². The molecular weight excluding hydrogens is 178 g/mol. The average molecular weight is 191 g/mol. The number of aromatic nitrogens is 2. The number of H-pyrrole nitrogens is 1. The third-order valence-electron chi connectivity index (χ3n) is 1.93. The third kappa shape index (κ3) is 1.64. The highest BCUT2D eigenvalue weighted by Gasteiger charge is 2.02. The second-order valence-corrected chi connectivity index (χ2v) is 3.17. The summed E-state index contributed by atoms with van der Waals surface area (Å²) in [5.74, 6) is 0. The molecule has 0 amide bonds. The zero-order valence-electron chi connectivity index (χ0n) is 8.08. The molecule has 0 bridgehead atoms. The Hall–Kier alpha value is -1.71. The summed E-state index contributed by atoms with van der Waals surface area (Å²) in [6.45, 7) is 2.73. The van der Waals surface area contributed by atoms with E-state index in [1.54, 1.807) is 0 Å². The van der Waals surface area contributed by atoms with E-state index in [9.17, 15) is 0 Å². The van der Waals surface area contributed by atoms with Crippen LogP contribution < -0.4 is 10.5 Å². The van der Waals surface area contributed by atoms with Gasteiger partial charge in [0.05, 0.1) is 17.6 Å². The summed E-state index contributed by atoms with van der Waals surface area (Å²) in [6.07, 6.45) is 0.971. The Labute approximate surface area is 82.1 Å². The summed E-state index contributed by atoms with van der Waals surface area (Å²) >= 11 is 0. The highest BCUT2D eigenvalue weighted by atomic mass is 16.5. The zero-order valence-corrected chi connectivity index (χ0v) is 8.08. The first-order valence-electron chi connectivity index (χ1n) is 4.67. The van der Waals surface area contributed by atoms with Gasteiger partial charge in [0, 0.05) is 5.69 Å². The summed E-state index contributed by atoms with van der Waals surface area (Å²) in [7, 11) is 0. The molecule has 1 aromatic carbocycles. The number of benzene rings is 1. The topological polar surface area (TPSA) is 63.9 Å². The van der Waals surface area contributed by atoms with Gasteiger partial charge in [-0.05, 0) is 24.6 Å². The molecule has 4 heteroatoms. The number of nitrogens with one attached hydrogen (secondary N) is 1. The van der Waals surface area contributed by atoms with Crippen LogP contribution in [0.1, 0.15) is 13.3 Å². The molecule has 2 aromatic rings. The highest BCUT2D eigenvalue weighted by molar-refractivity contribution is 5.79. The van der Waals surface area contributed by atoms with E-state index in [0.717, 1.165) is 23.1 Å². The van der Waals surface area contributed by atoms with Gasteiger partial charge in [0.15, 0.2) is 0 Å². The molecule has 0 saturated heterocycles. The molecule has 0 atom stereocenters. The fraction of sp³-hybridized carbons (Fsp3) is 0.300. The molecule has 0 aliphatic carbocycles. The first-order chi connectivity index (χ1) is 6.79. The maximum Gasteiger partial charge on any atom is 0.294 e. The summed E-state index contributed by atoms with van der Waals surface area (Å²) in [5, 5.41) is 0. The Bertz CT molecular complexity index is 436. The third-order valence-corrected chi connectivity index (χ3v) is 1.93. The van der Waals surface area contributed by atoms with Crippen LogP contribution in [0.3, 0.4) is 0 Å². The molecule has 2 rings (SSSR count). The lowest BCUT2D eigenvalue weighted by Crippen LogP contribution is -1.95. The molecule has 0 spiro atoms. The van der Waals surface area contributed by atoms with Crippen molar-refractivity contribution in [1.82, 2.24) is 9.97 Å². The first-order valence-corrected chi connectivity index (χ1v) is 4.67. The van der Waals surface area contributed by atoms with Gasteiger partial charge in [0.2, 0.25) is 0 Å². The Morgan fingerprint density at radius 2 is 2.36 bits per heavy atom. The van der Waals surface area contributed by atoms with E-state index < -0.39 is 0 Å². The summed E-state index contributed by atoms with van der Waals surface area (Å²) < 4.78 is 5.37. The lowest BCUT2D eigenvalue weighted by atomic mass is 10.3. The van der Waals surface area contributed by atoms with Gasteiger partial charge < -0.3 is 15.5 Å². The number of hydrogen-bond acceptors (Lipinski definition) is 3. The lowest BCUT2D eigenvalue weighted by Gasteiger charge is -1.96. The average Bonchev–Trinajstić information content (AvgIpc) is 2.56. The van der Waals surface area contributed by atoms with Gasteiger partial charge in [-0.1, -0.05) is 6.92 Å². The molecule has 0 fully saturated rings. The van der Waals surface area contributed by atoms with Crippen molar-refractivity contribution in [3.05, 3.63) is 18.2 Å². The van der Waals surface area contributed by atoms with Crippen molar-refractivity contribution >= 4 is 16.7 Å². The highest BCUT2D eigenvalue weighted by Crippen LogP contribution is 2.18. The first kappa shape index (κ1) is 8.87. The lowest BCUT2D eigenvalue weighted by molar-refractivity contribution is 0.296. The zero-order chi connectivity index (χ0) is 9.97. The number of rotatable bonds is 3. The number of aromatic amines is 1. The number of fused-ring (bicyclic) bond motifs is 1. The molecule has 0 radical (unpaired) electrons. The predicted molar refractivity (Wildman–Crippen MR) is 56.3 cm³/mol. The molecule has 3 N–H and O–H groups in total. The number of imidazole rings is 1. The number of nitrogens with two attached hydrogens (primary N) is 1. The molecule has 74 valence electrons. The van der Waals surface area contributed by atoms with Crippen molar-refractivity contribution in [3.63, 3.8) is 0 Å². The van der Waals surface area contributed by atoms with Crippen LogP contribution in [0.2, 0.25) is 0 Å². The Kier molecular flexibility index (Phi) is 2.26. The van der Waals surface area contributed by atoms with Crippen molar-refractivity contribution in [1.29, 1.82) is 0 Å². The molecule has 0 unspecified atom stereocenters. The standard InChI is InChI=1S/C10H13N3O/c1-2-5-14-10-12-8-4-3-7(11)6-9(8)13-10/h3-4,6H,2,5,11H2,1H3,(H,12,13). The second-order valence-electron chi connectivity index (χ2n) is 3.17. The van der Waals surface area contributed by atoms with Crippen LogP contribution in [0.15, 0.2) is 18.2 Å². The van der Waals surface area contributed by atoms with Crippen molar-refractivity contribution in [2.45, 2.75) is 13.3 Å². The van der Waals surface area contributed by atoms with Crippen LogP contribution in [0.25, 0.3) is 11.0 Å². The van der Waals surface area contributed by atoms with Crippen LogP contribution >= 0.6 is 0 Å². The van der Waals surface area contributed by atoms with Gasteiger partial charge in [-0.2, -0.15) is 4.98 Å². The number of hydrogen-bond donors (Lipinski definition) is 2. The predicted octanol–water partition coefficient (Wildman–Crippen LogP) is 1.93. The van der Waals surface area contributed by atoms with Gasteiger partial charge in [0.1, 0.15) is 0 Å². The van der Waals surface area contributed by atoms with Gasteiger partial charge in [-0.15, -0.1) is 0 Å². The van der Waals surface area contributed by atoms with Gasteiger partial charge >= 0.3 is 0 Å². The Morgan fingerprint density at radius 3 is 3.14 bits per heavy atom. The Balaban J connectivity index is 2.32. The number of nitrogen functional groups attached to an aromatic ring is 1. The van der Waals surface area contributed by atoms with Gasteiger partial charge in [0.25, 0.3) is 6.01 Å². The fourth-order valence-electron chi connectivity index (χ4n) is 1.27. The maximum absolute atomic E-state index is 5.64. The quantitative estimate of drug-likeness (QED) is 0.728. The monoisotopic (exact) mass is 191 g/mol. The van der Waals surface area contributed by atoms with E-state index in [4.69, 9.17) is 10.5 Å². The van der Waals surface area contributed by atoms with E-state index in [1.807, 2.05) is 18.2 Å². The number of ether oxygens (including phenoxy) is 1. The van der Waals surface area contributed by atoms with Crippen LogP contribution in [0.4, 0.5) is 5.69 Å². The van der Waals surface area contributed by atoms with Crippen molar-refractivity contribution in [3.8, 4) is 6.01 Å². The molecule has 0 aliphatic rings. The maximum atomic E-state index is 5.64. The smallest absolute Gasteiger partial charge is 0.294 e. The molecule has 1 aromatic heterocycles. The minimum absolute atomic E-state index is 0.562. The van der Waals surface area contributed by atoms with E-state index >= 15 is 0 Å². The van der Waals surface area contributed by atoms with Gasteiger partial charge in [-0.3, -0.25) is 0 Å². The fourth-order valence-corrected chi connectivity index (χ4v) is 1.27. The minimum atomic E-state index is 0.562. The molecule has 0 saturated carbocycles. The molecule has 1 heterocycles. The van der Waals surface area contributed by atoms with Crippen molar-refractivity contribution in [2.24, 2.45) is 0 Å². The number of anilines is 1. The molecule has 0 aliphatic heterocycles. The van der Waals surface area contributed by atoms with Crippen LogP contribution in [0.5, 0.6) is 6.01 Å². The summed E-state index contributed by atoms with van der Waals surface area (Å²) in [5.41, 5.74) is 8.16. The normalized spacial score (nSPS) is 10.6. The molecule has 14 heavy (non-hydrogen) atoms. The number of nitrogens with zero attached hydrogens (tertiary/aromatic N) is 1. The largest absolute Gasteiger partial charge is 0.465 e. The van der Waals surface area contributed by atoms with Crippen LogP contribution in [-0.4, -0.2) is 16.6 Å². The van der Waals surface area contributed by atoms with Crippen LogP contribution in [-0.2, 0) is 0 Å². The second kappa shape index (κ2) is 3.57. The summed E-state index contributed by atoms with van der Waals surface area (Å²) in [6, 6.07) is 6.11. The van der Waals surface area contributed by atoms with E-state index in [1.165, 1.54) is 0 Å². The van der Waals surface area contributed by atoms with Crippen molar-refractivity contribution in [2.75, 3.05) is 12.3 Å². The SMILES string of the molecule is CCCOc1nc2ccc(N)cc2[nH]1. The summed E-state index contributed by atoms with van der Waals surface area (Å²) in [4.78, 5) is 7.32. The minimum Gasteiger partial charge on any atom is -0.465 e.